The molecule has 0 fully saturated rings. The van der Waals surface area contributed by atoms with Crippen molar-refractivity contribution >= 4 is 0 Å². The monoisotopic (exact) mass is 267 g/mol. The Labute approximate surface area is 116 Å². The van der Waals surface area contributed by atoms with Crippen LogP contribution in [0.2, 0.25) is 0 Å². The molecule has 19 heavy (non-hydrogen) atoms. The molecule has 2 nitrogen and oxygen atoms in total. The molecular weight excluding hydrogens is 241 g/mol. The zero-order chi connectivity index (χ0) is 14.1. The number of hydrogen-bond donors (Lipinski definition) is 1. The molecule has 0 heterocycles. The maximum atomic E-state index is 13.1. The number of benzene rings is 1. The van der Waals surface area contributed by atoms with Gasteiger partial charge in [-0.25, -0.2) is 4.39 Å². The molecule has 0 amide bonds. The summed E-state index contributed by atoms with van der Waals surface area (Å²) in [7, 11) is 0. The minimum Gasteiger partial charge on any atom is -0.380 e. The highest BCUT2D eigenvalue weighted by atomic mass is 19.1. The van der Waals surface area contributed by atoms with Crippen LogP contribution in [0.4, 0.5) is 4.39 Å². The summed E-state index contributed by atoms with van der Waals surface area (Å²) in [5.74, 6) is -0.165. The average molecular weight is 267 g/mol. The van der Waals surface area contributed by atoms with Crippen molar-refractivity contribution in [1.82, 2.24) is 5.32 Å². The predicted molar refractivity (Wildman–Crippen MR) is 78.0 cm³/mol. The van der Waals surface area contributed by atoms with E-state index in [4.69, 9.17) is 4.74 Å². The second kappa shape index (κ2) is 9.05. The fourth-order valence-corrected chi connectivity index (χ4v) is 2.06. The van der Waals surface area contributed by atoms with Gasteiger partial charge >= 0.3 is 0 Å². The molecule has 0 aliphatic carbocycles. The van der Waals surface area contributed by atoms with Crippen molar-refractivity contribution in [3.63, 3.8) is 0 Å². The van der Waals surface area contributed by atoms with E-state index in [-0.39, 0.29) is 5.82 Å². The molecule has 0 saturated carbocycles. The van der Waals surface area contributed by atoms with Crippen LogP contribution in [0.3, 0.4) is 0 Å². The average Bonchev–Trinajstić information content (AvgIpc) is 2.39. The molecule has 0 saturated heterocycles. The van der Waals surface area contributed by atoms with Gasteiger partial charge in [0.2, 0.25) is 0 Å². The number of rotatable bonds is 9. The minimum atomic E-state index is -0.165. The van der Waals surface area contributed by atoms with Crippen LogP contribution in [0.1, 0.15) is 37.8 Å². The first-order valence-corrected chi connectivity index (χ1v) is 7.23. The largest absolute Gasteiger partial charge is 0.380 e. The van der Waals surface area contributed by atoms with Gasteiger partial charge in [-0.15, -0.1) is 0 Å². The first kappa shape index (κ1) is 16.1. The Bertz CT molecular complexity index is 368. The Kier molecular flexibility index (Phi) is 7.68. The second-order valence-corrected chi connectivity index (χ2v) is 5.00. The molecular formula is C16H26FNO. The van der Waals surface area contributed by atoms with Crippen LogP contribution >= 0.6 is 0 Å². The van der Waals surface area contributed by atoms with Crippen molar-refractivity contribution in [2.75, 3.05) is 19.8 Å². The summed E-state index contributed by atoms with van der Waals surface area (Å²) in [6.07, 6.45) is 3.03. The van der Waals surface area contributed by atoms with Crippen LogP contribution in [0.15, 0.2) is 18.2 Å². The van der Waals surface area contributed by atoms with Crippen molar-refractivity contribution in [2.45, 2.75) is 46.1 Å². The molecule has 1 unspecified atom stereocenters. The lowest BCUT2D eigenvalue weighted by molar-refractivity contribution is 0.111. The lowest BCUT2D eigenvalue weighted by Crippen LogP contribution is -2.36. The number of nitrogens with one attached hydrogen (secondary N) is 1. The van der Waals surface area contributed by atoms with E-state index in [9.17, 15) is 4.39 Å². The maximum absolute atomic E-state index is 13.1. The second-order valence-electron chi connectivity index (χ2n) is 5.00. The highest BCUT2D eigenvalue weighted by Gasteiger charge is 2.11. The van der Waals surface area contributed by atoms with E-state index in [1.165, 1.54) is 11.6 Å². The third-order valence-electron chi connectivity index (χ3n) is 3.12. The molecule has 1 atom stereocenters. The third-order valence-corrected chi connectivity index (χ3v) is 3.12. The van der Waals surface area contributed by atoms with Crippen molar-refractivity contribution < 1.29 is 9.13 Å². The van der Waals surface area contributed by atoms with E-state index in [0.717, 1.165) is 38.0 Å². The molecule has 0 radical (unpaired) electrons. The number of hydrogen-bond acceptors (Lipinski definition) is 2. The highest BCUT2D eigenvalue weighted by molar-refractivity contribution is 5.27. The van der Waals surface area contributed by atoms with Crippen LogP contribution in [0, 0.1) is 12.7 Å². The molecule has 0 aliphatic rings. The molecule has 108 valence electrons. The first-order chi connectivity index (χ1) is 9.17. The van der Waals surface area contributed by atoms with Gasteiger partial charge in [0.1, 0.15) is 5.82 Å². The third kappa shape index (κ3) is 6.17. The first-order valence-electron chi connectivity index (χ1n) is 7.23. The smallest absolute Gasteiger partial charge is 0.123 e. The topological polar surface area (TPSA) is 21.3 Å². The zero-order valence-corrected chi connectivity index (χ0v) is 12.3. The van der Waals surface area contributed by atoms with Gasteiger partial charge in [-0.05, 0) is 56.0 Å². The van der Waals surface area contributed by atoms with E-state index < -0.39 is 0 Å². The summed E-state index contributed by atoms with van der Waals surface area (Å²) in [5.41, 5.74) is 2.20. The Morgan fingerprint density at radius 1 is 1.26 bits per heavy atom. The fourth-order valence-electron chi connectivity index (χ4n) is 2.06. The number of aryl methyl sites for hydroxylation is 1. The van der Waals surface area contributed by atoms with Gasteiger partial charge in [0, 0.05) is 12.6 Å². The number of halogens is 1. The van der Waals surface area contributed by atoms with Crippen LogP contribution < -0.4 is 5.32 Å². The Balaban J connectivity index is 2.58. The van der Waals surface area contributed by atoms with Crippen molar-refractivity contribution in [3.05, 3.63) is 35.1 Å². The van der Waals surface area contributed by atoms with Crippen LogP contribution in [0.25, 0.3) is 0 Å². The summed E-state index contributed by atoms with van der Waals surface area (Å²) in [6, 6.07) is 5.31. The van der Waals surface area contributed by atoms with Crippen LogP contribution in [-0.2, 0) is 11.2 Å². The van der Waals surface area contributed by atoms with Gasteiger partial charge < -0.3 is 10.1 Å². The Morgan fingerprint density at radius 3 is 2.68 bits per heavy atom. The summed E-state index contributed by atoms with van der Waals surface area (Å²) >= 11 is 0. The van der Waals surface area contributed by atoms with Crippen LogP contribution in [-0.4, -0.2) is 25.8 Å². The van der Waals surface area contributed by atoms with Crippen LogP contribution in [0.5, 0.6) is 0 Å². The van der Waals surface area contributed by atoms with Crippen molar-refractivity contribution in [2.24, 2.45) is 0 Å². The fraction of sp³-hybridized carbons (Fsp3) is 0.625. The molecule has 0 spiro atoms. The summed E-state index contributed by atoms with van der Waals surface area (Å²) in [5, 5.41) is 3.50. The minimum absolute atomic E-state index is 0.165. The number of ether oxygens (including phenoxy) is 1. The van der Waals surface area contributed by atoms with E-state index in [2.05, 4.69) is 19.2 Å². The molecule has 1 aromatic rings. The molecule has 1 N–H and O–H groups in total. The van der Waals surface area contributed by atoms with Gasteiger partial charge in [-0.1, -0.05) is 19.9 Å². The van der Waals surface area contributed by atoms with Gasteiger partial charge in [-0.2, -0.15) is 0 Å². The van der Waals surface area contributed by atoms with Gasteiger partial charge in [0.25, 0.3) is 0 Å². The molecule has 3 heteroatoms. The normalized spacial score (nSPS) is 12.6. The Morgan fingerprint density at radius 2 is 2.05 bits per heavy atom. The van der Waals surface area contributed by atoms with E-state index >= 15 is 0 Å². The van der Waals surface area contributed by atoms with Gasteiger partial charge in [-0.3, -0.25) is 0 Å². The lowest BCUT2D eigenvalue weighted by atomic mass is 10.0. The van der Waals surface area contributed by atoms with Gasteiger partial charge in [0.05, 0.1) is 6.61 Å². The predicted octanol–water partition coefficient (Wildman–Crippen LogP) is 3.47. The summed E-state index contributed by atoms with van der Waals surface area (Å²) < 4.78 is 18.7. The SMILES string of the molecule is CCCNC(COCCC)Cc1ccc(F)cc1C. The van der Waals surface area contributed by atoms with E-state index in [1.54, 1.807) is 6.07 Å². The summed E-state index contributed by atoms with van der Waals surface area (Å²) in [6.45, 7) is 8.72. The molecule has 0 aromatic heterocycles. The molecule has 1 rings (SSSR count). The Hall–Kier alpha value is -0.930. The molecule has 0 aliphatic heterocycles. The summed E-state index contributed by atoms with van der Waals surface area (Å²) in [4.78, 5) is 0. The van der Waals surface area contributed by atoms with E-state index in [1.807, 2.05) is 13.0 Å². The van der Waals surface area contributed by atoms with Gasteiger partial charge in [0.15, 0.2) is 0 Å². The van der Waals surface area contributed by atoms with E-state index in [0.29, 0.717) is 12.6 Å². The zero-order valence-electron chi connectivity index (χ0n) is 12.3. The standard InChI is InChI=1S/C16H26FNO/c1-4-8-18-16(12-19-9-5-2)11-14-6-7-15(17)10-13(14)3/h6-7,10,16,18H,4-5,8-9,11-12H2,1-3H3. The molecule has 0 bridgehead atoms. The highest BCUT2D eigenvalue weighted by Crippen LogP contribution is 2.12. The molecule has 1 aromatic carbocycles. The maximum Gasteiger partial charge on any atom is 0.123 e. The van der Waals surface area contributed by atoms with Crippen molar-refractivity contribution in [3.8, 4) is 0 Å². The quantitative estimate of drug-likeness (QED) is 0.692. The van der Waals surface area contributed by atoms with Crippen molar-refractivity contribution in [1.29, 1.82) is 0 Å². The lowest BCUT2D eigenvalue weighted by Gasteiger charge is -2.19.